The van der Waals surface area contributed by atoms with Crippen LogP contribution in [0.15, 0.2) is 56.7 Å². The first-order valence-electron chi connectivity index (χ1n) is 9.39. The van der Waals surface area contributed by atoms with Gasteiger partial charge in [0, 0.05) is 30.3 Å². The van der Waals surface area contributed by atoms with Gasteiger partial charge in [-0.15, -0.1) is 0 Å². The summed E-state index contributed by atoms with van der Waals surface area (Å²) in [5, 5.41) is 1.32. The van der Waals surface area contributed by atoms with Gasteiger partial charge in [0.15, 0.2) is 10.8 Å². The Bertz CT molecular complexity index is 1150. The van der Waals surface area contributed by atoms with Crippen LogP contribution in [-0.4, -0.2) is 32.8 Å². The molecule has 1 aliphatic heterocycles. The molecule has 2 heterocycles. The SMILES string of the molecule is Cc1ccc(N=C2SCCCN2C(=O)CCn2c(=O)oc3ccccc32)cc1Cl. The molecule has 0 N–H and O–H groups in total. The minimum atomic E-state index is -0.449. The van der Waals surface area contributed by atoms with Crippen LogP contribution in [0.5, 0.6) is 0 Å². The predicted molar refractivity (Wildman–Crippen MR) is 117 cm³/mol. The van der Waals surface area contributed by atoms with Gasteiger partial charge in [0.25, 0.3) is 0 Å². The number of hydrogen-bond donors (Lipinski definition) is 0. The molecule has 1 saturated heterocycles. The van der Waals surface area contributed by atoms with E-state index < -0.39 is 5.76 Å². The van der Waals surface area contributed by atoms with Crippen LogP contribution in [0.3, 0.4) is 0 Å². The van der Waals surface area contributed by atoms with Crippen LogP contribution in [0.25, 0.3) is 11.1 Å². The second-order valence-electron chi connectivity index (χ2n) is 6.81. The number of oxazole rings is 1. The molecule has 6 nitrogen and oxygen atoms in total. The van der Waals surface area contributed by atoms with Gasteiger partial charge in [-0.05, 0) is 43.2 Å². The number of nitrogens with zero attached hydrogens (tertiary/aromatic N) is 3. The highest BCUT2D eigenvalue weighted by atomic mass is 35.5. The summed E-state index contributed by atoms with van der Waals surface area (Å²) in [7, 11) is 0. The smallest absolute Gasteiger partial charge is 0.408 e. The van der Waals surface area contributed by atoms with E-state index in [-0.39, 0.29) is 18.9 Å². The Morgan fingerprint density at radius 1 is 1.28 bits per heavy atom. The molecule has 0 saturated carbocycles. The highest BCUT2D eigenvalue weighted by Gasteiger charge is 2.24. The molecule has 0 unspecified atom stereocenters. The number of aliphatic imine (C=N–C) groups is 1. The Balaban J connectivity index is 1.53. The van der Waals surface area contributed by atoms with Crippen molar-refractivity contribution in [1.82, 2.24) is 9.47 Å². The van der Waals surface area contributed by atoms with Crippen LogP contribution in [0.4, 0.5) is 5.69 Å². The molecular formula is C21H20ClN3O3S. The fraction of sp³-hybridized carbons (Fsp3) is 0.286. The lowest BCUT2D eigenvalue weighted by atomic mass is 10.2. The third-order valence-corrected chi connectivity index (χ3v) is 6.26. The Kier molecular flexibility index (Phi) is 5.78. The van der Waals surface area contributed by atoms with Gasteiger partial charge in [-0.3, -0.25) is 14.3 Å². The van der Waals surface area contributed by atoms with E-state index in [1.54, 1.807) is 28.8 Å². The maximum Gasteiger partial charge on any atom is 0.419 e. The lowest BCUT2D eigenvalue weighted by Gasteiger charge is -2.27. The largest absolute Gasteiger partial charge is 0.419 e. The monoisotopic (exact) mass is 429 g/mol. The number of halogens is 1. The minimum Gasteiger partial charge on any atom is -0.408 e. The second kappa shape index (κ2) is 8.47. The van der Waals surface area contributed by atoms with Crippen molar-refractivity contribution in [3.8, 4) is 0 Å². The molecule has 0 atom stereocenters. The van der Waals surface area contributed by atoms with Crippen LogP contribution in [0, 0.1) is 6.92 Å². The van der Waals surface area contributed by atoms with Crippen molar-refractivity contribution in [3.05, 3.63) is 63.6 Å². The molecule has 1 amide bonds. The van der Waals surface area contributed by atoms with Crippen LogP contribution >= 0.6 is 23.4 Å². The summed E-state index contributed by atoms with van der Waals surface area (Å²) in [4.78, 5) is 31.4. The van der Waals surface area contributed by atoms with Gasteiger partial charge < -0.3 is 4.42 Å². The molecule has 8 heteroatoms. The van der Waals surface area contributed by atoms with E-state index in [0.29, 0.717) is 27.8 Å². The number of hydrogen-bond acceptors (Lipinski definition) is 5. The van der Waals surface area contributed by atoms with Crippen LogP contribution in [-0.2, 0) is 11.3 Å². The maximum absolute atomic E-state index is 12.9. The Hall–Kier alpha value is -2.51. The molecule has 0 bridgehead atoms. The Morgan fingerprint density at radius 3 is 2.93 bits per heavy atom. The summed E-state index contributed by atoms with van der Waals surface area (Å²) in [5.74, 6) is 0.398. The van der Waals surface area contributed by atoms with Crippen molar-refractivity contribution in [2.45, 2.75) is 26.3 Å². The van der Waals surface area contributed by atoms with Crippen molar-refractivity contribution >= 4 is 51.2 Å². The number of fused-ring (bicyclic) bond motifs is 1. The van der Waals surface area contributed by atoms with Crippen molar-refractivity contribution in [2.24, 2.45) is 4.99 Å². The number of carbonyl (C=O) groups is 1. The highest BCUT2D eigenvalue weighted by Crippen LogP contribution is 2.26. The number of benzene rings is 2. The van der Waals surface area contributed by atoms with E-state index in [2.05, 4.69) is 4.99 Å². The number of aromatic nitrogens is 1. The molecule has 3 aromatic rings. The van der Waals surface area contributed by atoms with Crippen molar-refractivity contribution in [2.75, 3.05) is 12.3 Å². The third kappa shape index (κ3) is 4.26. The van der Waals surface area contributed by atoms with E-state index in [4.69, 9.17) is 16.0 Å². The minimum absolute atomic E-state index is 0.0636. The van der Waals surface area contributed by atoms with Crippen LogP contribution in [0.2, 0.25) is 5.02 Å². The zero-order valence-corrected chi connectivity index (χ0v) is 17.5. The summed E-state index contributed by atoms with van der Waals surface area (Å²) in [6.45, 7) is 2.82. The fourth-order valence-electron chi connectivity index (χ4n) is 3.21. The summed E-state index contributed by atoms with van der Waals surface area (Å²) < 4.78 is 6.74. The van der Waals surface area contributed by atoms with Crippen LogP contribution < -0.4 is 5.76 Å². The van der Waals surface area contributed by atoms with Gasteiger partial charge in [-0.2, -0.15) is 0 Å². The molecule has 1 aromatic heterocycles. The molecule has 0 spiro atoms. The molecule has 1 aliphatic rings. The summed E-state index contributed by atoms with van der Waals surface area (Å²) >= 11 is 7.76. The summed E-state index contributed by atoms with van der Waals surface area (Å²) in [5.41, 5.74) is 2.93. The number of thioether (sulfide) groups is 1. The van der Waals surface area contributed by atoms with E-state index >= 15 is 0 Å². The van der Waals surface area contributed by atoms with E-state index in [1.165, 1.54) is 4.57 Å². The standard InChI is InChI=1S/C21H20ClN3O3S/c1-14-7-8-15(13-16(14)22)23-20-25(10-4-12-29-20)19(26)9-11-24-17-5-2-3-6-18(17)28-21(24)27/h2-3,5-8,13H,4,9-12H2,1H3. The van der Waals surface area contributed by atoms with Gasteiger partial charge in [0.2, 0.25) is 5.91 Å². The molecule has 2 aromatic carbocycles. The van der Waals surface area contributed by atoms with Crippen LogP contribution in [0.1, 0.15) is 18.4 Å². The molecule has 150 valence electrons. The van der Waals surface area contributed by atoms with Crippen molar-refractivity contribution < 1.29 is 9.21 Å². The molecule has 4 rings (SSSR count). The highest BCUT2D eigenvalue weighted by molar-refractivity contribution is 8.13. The van der Waals surface area contributed by atoms with Gasteiger partial charge >= 0.3 is 5.76 Å². The number of amides is 1. The predicted octanol–water partition coefficient (Wildman–Crippen LogP) is 4.60. The lowest BCUT2D eigenvalue weighted by Crippen LogP contribution is -2.39. The first kappa shape index (κ1) is 19.8. The topological polar surface area (TPSA) is 67.8 Å². The Morgan fingerprint density at radius 2 is 2.10 bits per heavy atom. The third-order valence-electron chi connectivity index (χ3n) is 4.79. The number of para-hydroxylation sites is 2. The van der Waals surface area contributed by atoms with Gasteiger partial charge in [0.1, 0.15) is 0 Å². The zero-order valence-electron chi connectivity index (χ0n) is 15.9. The van der Waals surface area contributed by atoms with Crippen molar-refractivity contribution in [3.63, 3.8) is 0 Å². The molecular weight excluding hydrogens is 410 g/mol. The van der Waals surface area contributed by atoms with Gasteiger partial charge in [0.05, 0.1) is 11.2 Å². The molecule has 0 radical (unpaired) electrons. The average Bonchev–Trinajstić information content (AvgIpc) is 3.04. The molecule has 29 heavy (non-hydrogen) atoms. The summed E-state index contributed by atoms with van der Waals surface area (Å²) in [6.07, 6.45) is 1.09. The van der Waals surface area contributed by atoms with E-state index in [0.717, 1.165) is 23.4 Å². The average molecular weight is 430 g/mol. The van der Waals surface area contributed by atoms with Crippen molar-refractivity contribution in [1.29, 1.82) is 0 Å². The quantitative estimate of drug-likeness (QED) is 0.607. The number of rotatable bonds is 4. The number of aryl methyl sites for hydroxylation is 2. The normalized spacial score (nSPS) is 15.9. The number of carbonyl (C=O) groups excluding carboxylic acids is 1. The lowest BCUT2D eigenvalue weighted by molar-refractivity contribution is -0.127. The maximum atomic E-state index is 12.9. The first-order chi connectivity index (χ1) is 14.0. The second-order valence-corrected chi connectivity index (χ2v) is 8.28. The number of amidine groups is 1. The fourth-order valence-corrected chi connectivity index (χ4v) is 4.36. The molecule has 1 fully saturated rings. The summed E-state index contributed by atoms with van der Waals surface area (Å²) in [6, 6.07) is 12.8. The zero-order chi connectivity index (χ0) is 20.4. The van der Waals surface area contributed by atoms with E-state index in [1.807, 2.05) is 37.3 Å². The Labute approximate surface area is 177 Å². The molecule has 0 aliphatic carbocycles. The first-order valence-corrected chi connectivity index (χ1v) is 10.8. The van der Waals surface area contributed by atoms with Gasteiger partial charge in [-0.1, -0.05) is 41.6 Å². The van der Waals surface area contributed by atoms with E-state index in [9.17, 15) is 9.59 Å². The van der Waals surface area contributed by atoms with Gasteiger partial charge in [-0.25, -0.2) is 9.79 Å².